The molecule has 0 heterocycles. The summed E-state index contributed by atoms with van der Waals surface area (Å²) in [6.07, 6.45) is 0.712. The molecule has 0 saturated heterocycles. The predicted molar refractivity (Wildman–Crippen MR) is 64.7 cm³/mol. The first-order valence-corrected chi connectivity index (χ1v) is 6.48. The Hall–Kier alpha value is -1.23. The average Bonchev–Trinajstić information content (AvgIpc) is 2.54. The molecule has 0 unspecified atom stereocenters. The van der Waals surface area contributed by atoms with Crippen LogP contribution in [0.15, 0.2) is 24.3 Å². The van der Waals surface area contributed by atoms with Gasteiger partial charge < -0.3 is 9.84 Å². The van der Waals surface area contributed by atoms with E-state index in [2.05, 4.69) is 4.74 Å². The molecule has 0 spiro atoms. The zero-order chi connectivity index (χ0) is 13.9. The van der Waals surface area contributed by atoms with Crippen LogP contribution in [0, 0.1) is 0 Å². The van der Waals surface area contributed by atoms with Crippen LogP contribution in [0.4, 0.5) is 13.2 Å². The van der Waals surface area contributed by atoms with Crippen molar-refractivity contribution in [1.29, 1.82) is 0 Å². The Morgan fingerprint density at radius 2 is 1.47 bits per heavy atom. The second kappa shape index (κ2) is 5.41. The first-order valence-electron chi connectivity index (χ1n) is 6.48. The summed E-state index contributed by atoms with van der Waals surface area (Å²) in [7, 11) is 0. The maximum absolute atomic E-state index is 12.1. The van der Waals surface area contributed by atoms with E-state index < -0.39 is 12.0 Å². The number of rotatable bonds is 2. The number of benzene rings is 1. The summed E-state index contributed by atoms with van der Waals surface area (Å²) in [4.78, 5) is 0. The van der Waals surface area contributed by atoms with Gasteiger partial charge in [-0.05, 0) is 30.5 Å². The lowest BCUT2D eigenvalue weighted by atomic mass is 9.86. The van der Waals surface area contributed by atoms with Gasteiger partial charge in [0.05, 0.1) is 5.60 Å². The van der Waals surface area contributed by atoms with Crippen LogP contribution in [-0.2, 0) is 5.60 Å². The molecule has 0 aromatic heterocycles. The summed E-state index contributed by atoms with van der Waals surface area (Å²) in [5.41, 5.74) is -0.239. The topological polar surface area (TPSA) is 29.5 Å². The molecule has 2 rings (SSSR count). The van der Waals surface area contributed by atoms with Crippen molar-refractivity contribution in [2.45, 2.75) is 50.5 Å². The summed E-state index contributed by atoms with van der Waals surface area (Å²) >= 11 is 0. The Bertz CT molecular complexity index is 404. The molecule has 1 N–H and O–H groups in total. The molecule has 1 fully saturated rings. The Balaban J connectivity index is 2.12. The van der Waals surface area contributed by atoms with E-state index in [1.54, 1.807) is 0 Å². The summed E-state index contributed by atoms with van der Waals surface area (Å²) in [6.45, 7) is 0. The molecule has 1 saturated carbocycles. The van der Waals surface area contributed by atoms with E-state index in [1.165, 1.54) is 24.3 Å². The molecule has 1 aromatic carbocycles. The van der Waals surface area contributed by atoms with Crippen molar-refractivity contribution < 1.29 is 23.0 Å². The van der Waals surface area contributed by atoms with Crippen LogP contribution >= 0.6 is 0 Å². The van der Waals surface area contributed by atoms with E-state index in [4.69, 9.17) is 0 Å². The molecule has 0 aliphatic heterocycles. The van der Waals surface area contributed by atoms with Gasteiger partial charge in [0.2, 0.25) is 0 Å². The lowest BCUT2D eigenvalue weighted by Gasteiger charge is -2.27. The normalized spacial score (nSPS) is 19.8. The number of halogens is 3. The zero-order valence-corrected chi connectivity index (χ0v) is 10.5. The Morgan fingerprint density at radius 1 is 0.947 bits per heavy atom. The minimum absolute atomic E-state index is 0.256. The Morgan fingerprint density at radius 3 is 1.95 bits per heavy atom. The molecule has 2 nitrogen and oxygen atoms in total. The van der Waals surface area contributed by atoms with Crippen molar-refractivity contribution in [3.8, 4) is 5.75 Å². The van der Waals surface area contributed by atoms with E-state index >= 15 is 0 Å². The van der Waals surface area contributed by atoms with E-state index in [-0.39, 0.29) is 5.75 Å². The second-order valence-corrected chi connectivity index (χ2v) is 5.02. The molecule has 1 aliphatic carbocycles. The highest BCUT2D eigenvalue weighted by atomic mass is 19.4. The standard InChI is InChI=1S/C14H17F3O2/c15-14(16,17)19-12-7-5-11(6-8-12)13(18)9-3-1-2-4-10-13/h5-8,18H,1-4,9-10H2. The van der Waals surface area contributed by atoms with Crippen LogP contribution in [0.5, 0.6) is 5.75 Å². The quantitative estimate of drug-likeness (QED) is 0.822. The Labute approximate surface area is 110 Å². The van der Waals surface area contributed by atoms with Gasteiger partial charge >= 0.3 is 6.36 Å². The highest BCUT2D eigenvalue weighted by Crippen LogP contribution is 2.36. The fourth-order valence-corrected chi connectivity index (χ4v) is 2.57. The molecule has 19 heavy (non-hydrogen) atoms. The molecule has 1 aliphatic rings. The molecule has 0 atom stereocenters. The molecule has 0 bridgehead atoms. The highest BCUT2D eigenvalue weighted by Gasteiger charge is 2.32. The van der Waals surface area contributed by atoms with E-state index in [0.29, 0.717) is 18.4 Å². The molecular weight excluding hydrogens is 257 g/mol. The Kier molecular flexibility index (Phi) is 4.04. The van der Waals surface area contributed by atoms with E-state index in [9.17, 15) is 18.3 Å². The highest BCUT2D eigenvalue weighted by molar-refractivity contribution is 5.31. The molecule has 0 amide bonds. The van der Waals surface area contributed by atoms with Crippen LogP contribution in [0.25, 0.3) is 0 Å². The van der Waals surface area contributed by atoms with E-state index in [1.807, 2.05) is 0 Å². The molecule has 1 aromatic rings. The third-order valence-electron chi connectivity index (χ3n) is 3.56. The summed E-state index contributed by atoms with van der Waals surface area (Å²) in [5.74, 6) is -0.256. The number of alkyl halides is 3. The second-order valence-electron chi connectivity index (χ2n) is 5.02. The van der Waals surface area contributed by atoms with Crippen LogP contribution in [0.1, 0.15) is 44.1 Å². The predicted octanol–water partition coefficient (Wildman–Crippen LogP) is 4.13. The van der Waals surface area contributed by atoms with Gasteiger partial charge in [0.15, 0.2) is 0 Å². The van der Waals surface area contributed by atoms with Gasteiger partial charge in [0.25, 0.3) is 0 Å². The van der Waals surface area contributed by atoms with E-state index in [0.717, 1.165) is 25.7 Å². The largest absolute Gasteiger partial charge is 0.573 e. The van der Waals surface area contributed by atoms with Gasteiger partial charge in [0.1, 0.15) is 5.75 Å². The van der Waals surface area contributed by atoms with Gasteiger partial charge in [0, 0.05) is 0 Å². The minimum atomic E-state index is -4.68. The maximum Gasteiger partial charge on any atom is 0.573 e. The molecule has 106 valence electrons. The van der Waals surface area contributed by atoms with Crippen molar-refractivity contribution in [3.05, 3.63) is 29.8 Å². The molecular formula is C14H17F3O2. The minimum Gasteiger partial charge on any atom is -0.406 e. The van der Waals surface area contributed by atoms with Gasteiger partial charge in [-0.15, -0.1) is 13.2 Å². The van der Waals surface area contributed by atoms with Crippen LogP contribution < -0.4 is 4.74 Å². The summed E-state index contributed by atoms with van der Waals surface area (Å²) < 4.78 is 40.0. The van der Waals surface area contributed by atoms with Crippen LogP contribution in [-0.4, -0.2) is 11.5 Å². The lowest BCUT2D eigenvalue weighted by molar-refractivity contribution is -0.274. The fraction of sp³-hybridized carbons (Fsp3) is 0.571. The van der Waals surface area contributed by atoms with Gasteiger partial charge in [-0.3, -0.25) is 0 Å². The SMILES string of the molecule is OC1(c2ccc(OC(F)(F)F)cc2)CCCCCC1. The first-order chi connectivity index (χ1) is 8.89. The monoisotopic (exact) mass is 274 g/mol. The first kappa shape index (κ1) is 14.2. The number of ether oxygens (including phenoxy) is 1. The number of hydrogen-bond donors (Lipinski definition) is 1. The third kappa shape index (κ3) is 3.86. The summed E-state index contributed by atoms with van der Waals surface area (Å²) in [6, 6.07) is 5.55. The number of aliphatic hydroxyl groups is 1. The van der Waals surface area contributed by atoms with Gasteiger partial charge in [-0.1, -0.05) is 37.8 Å². The summed E-state index contributed by atoms with van der Waals surface area (Å²) in [5, 5.41) is 10.6. The van der Waals surface area contributed by atoms with Crippen molar-refractivity contribution in [2.24, 2.45) is 0 Å². The van der Waals surface area contributed by atoms with Crippen molar-refractivity contribution >= 4 is 0 Å². The molecule has 0 radical (unpaired) electrons. The lowest BCUT2D eigenvalue weighted by Crippen LogP contribution is -2.24. The van der Waals surface area contributed by atoms with Gasteiger partial charge in [-0.25, -0.2) is 0 Å². The van der Waals surface area contributed by atoms with Crippen LogP contribution in [0.3, 0.4) is 0 Å². The zero-order valence-electron chi connectivity index (χ0n) is 10.5. The van der Waals surface area contributed by atoms with Crippen LogP contribution in [0.2, 0.25) is 0 Å². The fourth-order valence-electron chi connectivity index (χ4n) is 2.57. The third-order valence-corrected chi connectivity index (χ3v) is 3.56. The van der Waals surface area contributed by atoms with Crippen molar-refractivity contribution in [3.63, 3.8) is 0 Å². The maximum atomic E-state index is 12.1. The average molecular weight is 274 g/mol. The van der Waals surface area contributed by atoms with Gasteiger partial charge in [-0.2, -0.15) is 0 Å². The smallest absolute Gasteiger partial charge is 0.406 e. The number of hydrogen-bond acceptors (Lipinski definition) is 2. The van der Waals surface area contributed by atoms with Crippen molar-refractivity contribution in [2.75, 3.05) is 0 Å². The van der Waals surface area contributed by atoms with Crippen molar-refractivity contribution in [1.82, 2.24) is 0 Å². The molecule has 5 heteroatoms.